The highest BCUT2D eigenvalue weighted by molar-refractivity contribution is 7.89. The van der Waals surface area contributed by atoms with Crippen molar-refractivity contribution in [1.29, 1.82) is 0 Å². The molecule has 1 aromatic heterocycles. The van der Waals surface area contributed by atoms with Crippen molar-refractivity contribution in [3.8, 4) is 0 Å². The number of aryl methyl sites for hydroxylation is 1. The number of nitrogens with zero attached hydrogens (tertiary/aromatic N) is 2. The minimum absolute atomic E-state index is 0.00380. The zero-order chi connectivity index (χ0) is 15.6. The predicted octanol–water partition coefficient (Wildman–Crippen LogP) is 0.971. The molecule has 0 bridgehead atoms. The van der Waals surface area contributed by atoms with Crippen molar-refractivity contribution in [3.63, 3.8) is 0 Å². The highest BCUT2D eigenvalue weighted by Gasteiger charge is 2.23. The predicted molar refractivity (Wildman–Crippen MR) is 77.6 cm³/mol. The van der Waals surface area contributed by atoms with Crippen LogP contribution in [0.15, 0.2) is 29.2 Å². The lowest BCUT2D eigenvalue weighted by atomic mass is 10.1. The number of nitrogen functional groups attached to an aromatic ring is 1. The molecule has 2 aromatic rings. The molecular weight excluding hydrogens is 295 g/mol. The molecule has 114 valence electrons. The first-order valence-corrected chi connectivity index (χ1v) is 7.83. The molecule has 0 aliphatic heterocycles. The molecule has 0 atom stereocenters. The zero-order valence-electron chi connectivity index (χ0n) is 11.8. The van der Waals surface area contributed by atoms with Gasteiger partial charge in [0.25, 0.3) is 0 Å². The summed E-state index contributed by atoms with van der Waals surface area (Å²) in [6.07, 6.45) is 0.457. The number of sulfonamides is 1. The zero-order valence-corrected chi connectivity index (χ0v) is 12.6. The maximum atomic E-state index is 12.8. The van der Waals surface area contributed by atoms with E-state index in [0.29, 0.717) is 12.1 Å². The Morgan fingerprint density at radius 3 is 2.48 bits per heavy atom. The standard InChI is InChI=1S/C13H17FN4O2S/c1-9-12(13(15)17-18(9)2)21(19,20)16-8-7-10-3-5-11(14)6-4-10/h3-6,16H,7-8H2,1-2H3,(H2,15,17). The first-order valence-electron chi connectivity index (χ1n) is 6.34. The van der Waals surface area contributed by atoms with Gasteiger partial charge in [0.2, 0.25) is 10.0 Å². The van der Waals surface area contributed by atoms with Crippen molar-refractivity contribution in [2.24, 2.45) is 7.05 Å². The first-order chi connectivity index (χ1) is 9.81. The highest BCUT2D eigenvalue weighted by atomic mass is 32.2. The number of aromatic nitrogens is 2. The topological polar surface area (TPSA) is 90.0 Å². The normalized spacial score (nSPS) is 11.8. The molecule has 8 heteroatoms. The summed E-state index contributed by atoms with van der Waals surface area (Å²) < 4.78 is 41.1. The van der Waals surface area contributed by atoms with Crippen LogP contribution < -0.4 is 10.5 Å². The number of hydrogen-bond acceptors (Lipinski definition) is 4. The SMILES string of the molecule is Cc1c(S(=O)(=O)NCCc2ccc(F)cc2)c(N)nn1C. The third-order valence-electron chi connectivity index (χ3n) is 3.19. The van der Waals surface area contributed by atoms with E-state index >= 15 is 0 Å². The summed E-state index contributed by atoms with van der Waals surface area (Å²) in [5.41, 5.74) is 6.95. The van der Waals surface area contributed by atoms with Gasteiger partial charge in [-0.15, -0.1) is 0 Å². The molecule has 1 heterocycles. The Morgan fingerprint density at radius 1 is 1.33 bits per heavy atom. The van der Waals surface area contributed by atoms with E-state index < -0.39 is 10.0 Å². The molecule has 1 aromatic carbocycles. The van der Waals surface area contributed by atoms with E-state index in [1.54, 1.807) is 26.1 Å². The molecule has 3 N–H and O–H groups in total. The number of nitrogens with two attached hydrogens (primary N) is 1. The summed E-state index contributed by atoms with van der Waals surface area (Å²) in [6, 6.07) is 5.92. The van der Waals surface area contributed by atoms with E-state index in [-0.39, 0.29) is 23.1 Å². The molecule has 2 rings (SSSR count). The number of halogens is 1. The lowest BCUT2D eigenvalue weighted by molar-refractivity contribution is 0.580. The van der Waals surface area contributed by atoms with E-state index in [9.17, 15) is 12.8 Å². The van der Waals surface area contributed by atoms with Crippen LogP contribution in [0.3, 0.4) is 0 Å². The summed E-state index contributed by atoms with van der Waals surface area (Å²) in [7, 11) is -2.08. The van der Waals surface area contributed by atoms with Crippen molar-refractivity contribution in [3.05, 3.63) is 41.3 Å². The Bertz CT molecular complexity index is 738. The lowest BCUT2D eigenvalue weighted by Gasteiger charge is -2.07. The van der Waals surface area contributed by atoms with Crippen LogP contribution in [0.4, 0.5) is 10.2 Å². The molecule has 0 fully saturated rings. The summed E-state index contributed by atoms with van der Waals surface area (Å²) in [6.45, 7) is 1.83. The fourth-order valence-electron chi connectivity index (χ4n) is 2.00. The minimum Gasteiger partial charge on any atom is -0.381 e. The quantitative estimate of drug-likeness (QED) is 0.861. The van der Waals surface area contributed by atoms with E-state index in [1.807, 2.05) is 0 Å². The monoisotopic (exact) mass is 312 g/mol. The smallest absolute Gasteiger partial charge is 0.246 e. The van der Waals surface area contributed by atoms with Crippen LogP contribution in [0.25, 0.3) is 0 Å². The Kier molecular flexibility index (Phi) is 4.29. The van der Waals surface area contributed by atoms with Crippen molar-refractivity contribution >= 4 is 15.8 Å². The van der Waals surface area contributed by atoms with Gasteiger partial charge >= 0.3 is 0 Å². The molecule has 0 unspecified atom stereocenters. The van der Waals surface area contributed by atoms with E-state index in [4.69, 9.17) is 5.73 Å². The molecule has 0 saturated heterocycles. The van der Waals surface area contributed by atoms with Crippen LogP contribution in [0, 0.1) is 12.7 Å². The van der Waals surface area contributed by atoms with Crippen LogP contribution >= 0.6 is 0 Å². The van der Waals surface area contributed by atoms with Gasteiger partial charge in [0.05, 0.1) is 5.69 Å². The summed E-state index contributed by atoms with van der Waals surface area (Å²) >= 11 is 0. The van der Waals surface area contributed by atoms with Gasteiger partial charge in [0.1, 0.15) is 10.7 Å². The van der Waals surface area contributed by atoms with Crippen LogP contribution in [0.2, 0.25) is 0 Å². The van der Waals surface area contributed by atoms with Crippen molar-refractivity contribution in [2.45, 2.75) is 18.2 Å². The van der Waals surface area contributed by atoms with E-state index in [0.717, 1.165) is 5.56 Å². The van der Waals surface area contributed by atoms with Gasteiger partial charge in [0, 0.05) is 13.6 Å². The molecule has 0 aliphatic rings. The second-order valence-corrected chi connectivity index (χ2v) is 6.40. The van der Waals surface area contributed by atoms with Crippen molar-refractivity contribution in [2.75, 3.05) is 12.3 Å². The van der Waals surface area contributed by atoms with Crippen LogP contribution in [-0.4, -0.2) is 24.7 Å². The molecular formula is C13H17FN4O2S. The van der Waals surface area contributed by atoms with Gasteiger partial charge in [-0.25, -0.2) is 17.5 Å². The molecule has 0 saturated carbocycles. The van der Waals surface area contributed by atoms with Gasteiger partial charge in [-0.3, -0.25) is 4.68 Å². The van der Waals surface area contributed by atoms with E-state index in [1.165, 1.54) is 16.8 Å². The number of rotatable bonds is 5. The van der Waals surface area contributed by atoms with Gasteiger partial charge in [-0.2, -0.15) is 5.10 Å². The van der Waals surface area contributed by atoms with E-state index in [2.05, 4.69) is 9.82 Å². The van der Waals surface area contributed by atoms with Gasteiger partial charge < -0.3 is 5.73 Å². The molecule has 0 aliphatic carbocycles. The second-order valence-electron chi connectivity index (χ2n) is 4.70. The largest absolute Gasteiger partial charge is 0.381 e. The van der Waals surface area contributed by atoms with Gasteiger partial charge in [-0.1, -0.05) is 12.1 Å². The van der Waals surface area contributed by atoms with Crippen molar-refractivity contribution < 1.29 is 12.8 Å². The Labute approximate surface area is 122 Å². The number of benzene rings is 1. The Hall–Kier alpha value is -1.93. The molecule has 0 amide bonds. The summed E-state index contributed by atoms with van der Waals surface area (Å²) in [5, 5.41) is 3.89. The maximum absolute atomic E-state index is 12.8. The van der Waals surface area contributed by atoms with Gasteiger partial charge in [-0.05, 0) is 31.0 Å². The molecule has 21 heavy (non-hydrogen) atoms. The number of hydrogen-bond donors (Lipinski definition) is 2. The third kappa shape index (κ3) is 3.40. The van der Waals surface area contributed by atoms with Gasteiger partial charge in [0.15, 0.2) is 5.82 Å². The average molecular weight is 312 g/mol. The number of anilines is 1. The lowest BCUT2D eigenvalue weighted by Crippen LogP contribution is -2.27. The summed E-state index contributed by atoms with van der Waals surface area (Å²) in [5.74, 6) is -0.345. The fraction of sp³-hybridized carbons (Fsp3) is 0.308. The maximum Gasteiger partial charge on any atom is 0.246 e. The highest BCUT2D eigenvalue weighted by Crippen LogP contribution is 2.20. The third-order valence-corrected chi connectivity index (χ3v) is 4.82. The average Bonchev–Trinajstić information content (AvgIpc) is 2.66. The minimum atomic E-state index is -3.71. The van der Waals surface area contributed by atoms with Crippen LogP contribution in [0.5, 0.6) is 0 Å². The van der Waals surface area contributed by atoms with Crippen LogP contribution in [-0.2, 0) is 23.5 Å². The summed E-state index contributed by atoms with van der Waals surface area (Å²) in [4.78, 5) is 0.00380. The Morgan fingerprint density at radius 2 is 1.95 bits per heavy atom. The fourth-order valence-corrected chi connectivity index (χ4v) is 3.35. The first kappa shape index (κ1) is 15.5. The molecule has 0 spiro atoms. The van der Waals surface area contributed by atoms with Crippen LogP contribution in [0.1, 0.15) is 11.3 Å². The molecule has 0 radical (unpaired) electrons. The van der Waals surface area contributed by atoms with Crippen molar-refractivity contribution in [1.82, 2.24) is 14.5 Å². The second kappa shape index (κ2) is 5.82. The molecule has 6 nitrogen and oxygen atoms in total. The number of nitrogens with one attached hydrogen (secondary N) is 1. The Balaban J connectivity index is 2.06.